The van der Waals surface area contributed by atoms with Crippen molar-refractivity contribution in [1.29, 1.82) is 5.26 Å². The minimum Gasteiger partial charge on any atom is -0.347 e. The maximum atomic E-state index is 8.95. The lowest BCUT2D eigenvalue weighted by Crippen LogP contribution is -2.36. The molecule has 5 heteroatoms. The smallest absolute Gasteiger partial charge is 0.205 e. The second kappa shape index (κ2) is 8.29. The molecule has 0 aliphatic rings. The average molecular weight is 335 g/mol. The standard InChI is InChI=1S/C20H25N5/c1-15(18-7-5-6-12-22-18)25-19(24-14-21)23-13-16-8-10-17(11-9-16)20(2,3)4/h5-12,15H,13H2,1-4H3,(H2,23,24,25). The molecule has 1 atom stereocenters. The van der Waals surface area contributed by atoms with Gasteiger partial charge in [-0.15, -0.1) is 0 Å². The summed E-state index contributed by atoms with van der Waals surface area (Å²) in [6.45, 7) is 9.06. The van der Waals surface area contributed by atoms with Crippen LogP contribution in [0.3, 0.4) is 0 Å². The lowest BCUT2D eigenvalue weighted by Gasteiger charge is -2.19. The molecule has 130 valence electrons. The van der Waals surface area contributed by atoms with Gasteiger partial charge in [-0.25, -0.2) is 4.99 Å². The maximum absolute atomic E-state index is 8.95. The first kappa shape index (κ1) is 18.5. The Kier molecular flexibility index (Phi) is 6.13. The molecule has 0 saturated heterocycles. The number of aliphatic imine (C=N–C) groups is 1. The van der Waals surface area contributed by atoms with Gasteiger partial charge in [0.1, 0.15) is 0 Å². The van der Waals surface area contributed by atoms with Gasteiger partial charge < -0.3 is 5.32 Å². The van der Waals surface area contributed by atoms with E-state index in [9.17, 15) is 0 Å². The first-order chi connectivity index (χ1) is 11.9. The fourth-order valence-corrected chi connectivity index (χ4v) is 2.37. The molecule has 1 aromatic carbocycles. The largest absolute Gasteiger partial charge is 0.347 e. The summed E-state index contributed by atoms with van der Waals surface area (Å²) in [7, 11) is 0. The van der Waals surface area contributed by atoms with Crippen molar-refractivity contribution in [3.05, 3.63) is 65.5 Å². The zero-order valence-electron chi connectivity index (χ0n) is 15.2. The van der Waals surface area contributed by atoms with E-state index in [4.69, 9.17) is 5.26 Å². The normalized spacial score (nSPS) is 13.0. The Hall–Kier alpha value is -2.87. The van der Waals surface area contributed by atoms with Crippen LogP contribution in [-0.4, -0.2) is 10.9 Å². The fourth-order valence-electron chi connectivity index (χ4n) is 2.37. The number of nitrogens with zero attached hydrogens (tertiary/aromatic N) is 3. The number of nitriles is 1. The van der Waals surface area contributed by atoms with E-state index in [0.29, 0.717) is 12.5 Å². The monoisotopic (exact) mass is 335 g/mol. The predicted octanol–water partition coefficient (Wildman–Crippen LogP) is 3.66. The lowest BCUT2D eigenvalue weighted by atomic mass is 9.87. The van der Waals surface area contributed by atoms with E-state index < -0.39 is 0 Å². The molecule has 1 heterocycles. The Morgan fingerprint density at radius 1 is 1.20 bits per heavy atom. The summed E-state index contributed by atoms with van der Waals surface area (Å²) < 4.78 is 0. The molecule has 2 N–H and O–H groups in total. The van der Waals surface area contributed by atoms with Crippen LogP contribution in [0.25, 0.3) is 0 Å². The summed E-state index contributed by atoms with van der Waals surface area (Å²) >= 11 is 0. The van der Waals surface area contributed by atoms with Crippen LogP contribution in [0.2, 0.25) is 0 Å². The van der Waals surface area contributed by atoms with Gasteiger partial charge in [-0.3, -0.25) is 10.3 Å². The highest BCUT2D eigenvalue weighted by Crippen LogP contribution is 2.22. The third-order valence-corrected chi connectivity index (χ3v) is 3.90. The Labute approximate surface area is 149 Å². The van der Waals surface area contributed by atoms with Crippen molar-refractivity contribution in [3.8, 4) is 6.19 Å². The number of nitrogens with one attached hydrogen (secondary N) is 2. The quantitative estimate of drug-likeness (QED) is 0.387. The molecule has 0 amide bonds. The molecule has 0 fully saturated rings. The van der Waals surface area contributed by atoms with Crippen molar-refractivity contribution < 1.29 is 0 Å². The molecule has 1 unspecified atom stereocenters. The molecule has 2 rings (SSSR count). The van der Waals surface area contributed by atoms with Crippen molar-refractivity contribution in [1.82, 2.24) is 15.6 Å². The number of benzene rings is 1. The topological polar surface area (TPSA) is 73.1 Å². The summed E-state index contributed by atoms with van der Waals surface area (Å²) in [6.07, 6.45) is 3.68. The Bertz CT molecular complexity index is 736. The summed E-state index contributed by atoms with van der Waals surface area (Å²) in [5.74, 6) is 0.445. The van der Waals surface area contributed by atoms with Gasteiger partial charge in [0.05, 0.1) is 18.3 Å². The van der Waals surface area contributed by atoms with Crippen molar-refractivity contribution in [2.45, 2.75) is 45.7 Å². The number of pyridine rings is 1. The van der Waals surface area contributed by atoms with E-state index in [0.717, 1.165) is 11.3 Å². The van der Waals surface area contributed by atoms with Gasteiger partial charge in [-0.2, -0.15) is 5.26 Å². The van der Waals surface area contributed by atoms with Gasteiger partial charge in [-0.05, 0) is 35.6 Å². The molecule has 0 aliphatic heterocycles. The van der Waals surface area contributed by atoms with E-state index in [1.807, 2.05) is 31.3 Å². The van der Waals surface area contributed by atoms with Gasteiger partial charge in [0.25, 0.3) is 0 Å². The van der Waals surface area contributed by atoms with Crippen molar-refractivity contribution in [2.75, 3.05) is 0 Å². The fraction of sp³-hybridized carbons (Fsp3) is 0.350. The summed E-state index contributed by atoms with van der Waals surface area (Å²) in [5, 5.41) is 14.7. The van der Waals surface area contributed by atoms with E-state index in [-0.39, 0.29) is 11.5 Å². The summed E-state index contributed by atoms with van der Waals surface area (Å²) in [6, 6.07) is 14.1. The second-order valence-electron chi connectivity index (χ2n) is 6.97. The number of guanidine groups is 1. The number of hydrogen-bond acceptors (Lipinski definition) is 3. The van der Waals surface area contributed by atoms with Crippen LogP contribution >= 0.6 is 0 Å². The van der Waals surface area contributed by atoms with Crippen LogP contribution in [0.1, 0.15) is 50.6 Å². The molecule has 0 bridgehead atoms. The molecular weight excluding hydrogens is 310 g/mol. The van der Waals surface area contributed by atoms with Gasteiger partial charge >= 0.3 is 0 Å². The Morgan fingerprint density at radius 2 is 1.92 bits per heavy atom. The average Bonchev–Trinajstić information content (AvgIpc) is 2.60. The third kappa shape index (κ3) is 5.61. The Balaban J connectivity index is 2.05. The van der Waals surface area contributed by atoms with Gasteiger partial charge in [0, 0.05) is 6.20 Å². The van der Waals surface area contributed by atoms with Crippen LogP contribution in [-0.2, 0) is 12.0 Å². The molecule has 25 heavy (non-hydrogen) atoms. The zero-order chi connectivity index (χ0) is 18.3. The predicted molar refractivity (Wildman–Crippen MR) is 101 cm³/mol. The molecule has 2 aromatic rings. The summed E-state index contributed by atoms with van der Waals surface area (Å²) in [5.41, 5.74) is 3.41. The number of rotatable bonds is 4. The minimum atomic E-state index is -0.0518. The van der Waals surface area contributed by atoms with Crippen LogP contribution in [0, 0.1) is 11.5 Å². The zero-order valence-corrected chi connectivity index (χ0v) is 15.2. The van der Waals surface area contributed by atoms with Crippen molar-refractivity contribution in [2.24, 2.45) is 4.99 Å². The van der Waals surface area contributed by atoms with Gasteiger partial charge in [-0.1, -0.05) is 51.1 Å². The van der Waals surface area contributed by atoms with Crippen LogP contribution < -0.4 is 10.6 Å². The molecule has 0 radical (unpaired) electrons. The Morgan fingerprint density at radius 3 is 2.48 bits per heavy atom. The lowest BCUT2D eigenvalue weighted by molar-refractivity contribution is 0.590. The molecular formula is C20H25N5. The molecule has 5 nitrogen and oxygen atoms in total. The SMILES string of the molecule is CC(NC(=NCc1ccc(C(C)(C)C)cc1)NC#N)c1ccccn1. The minimum absolute atomic E-state index is 0.0518. The van der Waals surface area contributed by atoms with E-state index in [1.54, 1.807) is 6.20 Å². The highest BCUT2D eigenvalue weighted by molar-refractivity contribution is 5.81. The van der Waals surface area contributed by atoms with Crippen LogP contribution in [0.4, 0.5) is 0 Å². The first-order valence-electron chi connectivity index (χ1n) is 8.36. The number of hydrogen-bond donors (Lipinski definition) is 2. The van der Waals surface area contributed by atoms with Gasteiger partial charge in [0.15, 0.2) is 6.19 Å². The highest BCUT2D eigenvalue weighted by atomic mass is 15.2. The van der Waals surface area contributed by atoms with E-state index in [1.165, 1.54) is 5.56 Å². The third-order valence-electron chi connectivity index (χ3n) is 3.90. The van der Waals surface area contributed by atoms with Gasteiger partial charge in [0.2, 0.25) is 5.96 Å². The van der Waals surface area contributed by atoms with Crippen molar-refractivity contribution >= 4 is 5.96 Å². The van der Waals surface area contributed by atoms with E-state index in [2.05, 4.69) is 65.6 Å². The first-order valence-corrected chi connectivity index (χ1v) is 8.36. The number of aromatic nitrogens is 1. The second-order valence-corrected chi connectivity index (χ2v) is 6.97. The summed E-state index contributed by atoms with van der Waals surface area (Å²) in [4.78, 5) is 8.80. The highest BCUT2D eigenvalue weighted by Gasteiger charge is 2.13. The van der Waals surface area contributed by atoms with Crippen LogP contribution in [0.15, 0.2) is 53.7 Å². The molecule has 0 saturated carbocycles. The van der Waals surface area contributed by atoms with Crippen LogP contribution in [0.5, 0.6) is 0 Å². The maximum Gasteiger partial charge on any atom is 0.205 e. The van der Waals surface area contributed by atoms with E-state index >= 15 is 0 Å². The van der Waals surface area contributed by atoms with Crippen molar-refractivity contribution in [3.63, 3.8) is 0 Å². The molecule has 1 aromatic heterocycles. The molecule has 0 spiro atoms. The molecule has 0 aliphatic carbocycles.